The van der Waals surface area contributed by atoms with Gasteiger partial charge in [-0.2, -0.15) is 0 Å². The highest BCUT2D eigenvalue weighted by Gasteiger charge is 2.26. The lowest BCUT2D eigenvalue weighted by atomic mass is 9.79. The molecule has 1 aromatic carbocycles. The molecule has 0 atom stereocenters. The predicted octanol–water partition coefficient (Wildman–Crippen LogP) is 3.84. The number of hydrogen-bond donors (Lipinski definition) is 1. The second-order valence-corrected chi connectivity index (χ2v) is 5.05. The van der Waals surface area contributed by atoms with Gasteiger partial charge >= 0.3 is 0 Å². The molecule has 1 nitrogen and oxygen atoms in total. The van der Waals surface area contributed by atoms with E-state index in [-0.39, 0.29) is 23.8 Å². The molecule has 0 unspecified atom stereocenters. The van der Waals surface area contributed by atoms with Gasteiger partial charge in [0.1, 0.15) is 5.82 Å². The maximum atomic E-state index is 12.7. The van der Waals surface area contributed by atoms with Crippen LogP contribution in [0, 0.1) is 5.82 Å². The van der Waals surface area contributed by atoms with E-state index in [9.17, 15) is 4.39 Å². The van der Waals surface area contributed by atoms with Crippen LogP contribution in [0.2, 0.25) is 0 Å². The minimum Gasteiger partial charge on any atom is -0.325 e. The van der Waals surface area contributed by atoms with Crippen molar-refractivity contribution in [2.45, 2.75) is 50.5 Å². The van der Waals surface area contributed by atoms with Gasteiger partial charge in [-0.1, -0.05) is 31.4 Å². The molecule has 2 N–H and O–H groups in total. The first kappa shape index (κ1) is 14.5. The van der Waals surface area contributed by atoms with E-state index in [1.807, 2.05) is 12.1 Å². The summed E-state index contributed by atoms with van der Waals surface area (Å²) in [5, 5.41) is 0. The summed E-state index contributed by atoms with van der Waals surface area (Å²) >= 11 is 0. The molecule has 0 spiro atoms. The third-order valence-corrected chi connectivity index (χ3v) is 3.67. The van der Waals surface area contributed by atoms with E-state index >= 15 is 0 Å². The zero-order valence-electron chi connectivity index (χ0n) is 10.1. The van der Waals surface area contributed by atoms with Crippen LogP contribution in [0.25, 0.3) is 0 Å². The molecular formula is C14H21ClFN. The molecule has 0 amide bonds. The molecule has 3 heteroatoms. The van der Waals surface area contributed by atoms with Crippen molar-refractivity contribution < 1.29 is 4.39 Å². The van der Waals surface area contributed by atoms with Crippen LogP contribution in [0.15, 0.2) is 24.3 Å². The highest BCUT2D eigenvalue weighted by atomic mass is 35.5. The molecule has 0 radical (unpaired) electrons. The average Bonchev–Trinajstić information content (AvgIpc) is 2.29. The second-order valence-electron chi connectivity index (χ2n) is 5.05. The van der Waals surface area contributed by atoms with Crippen molar-refractivity contribution in [2.75, 3.05) is 0 Å². The molecule has 1 aromatic rings. The Hall–Kier alpha value is -0.600. The van der Waals surface area contributed by atoms with Crippen LogP contribution in [0.4, 0.5) is 4.39 Å². The molecule has 0 bridgehead atoms. The van der Waals surface area contributed by atoms with Crippen LogP contribution >= 0.6 is 12.4 Å². The lowest BCUT2D eigenvalue weighted by Crippen LogP contribution is -2.41. The van der Waals surface area contributed by atoms with Crippen LogP contribution < -0.4 is 5.73 Å². The maximum absolute atomic E-state index is 12.7. The Labute approximate surface area is 109 Å². The number of rotatable bonds is 3. The Bertz CT molecular complexity index is 331. The van der Waals surface area contributed by atoms with E-state index < -0.39 is 0 Å². The van der Waals surface area contributed by atoms with E-state index in [0.29, 0.717) is 0 Å². The molecule has 0 aromatic heterocycles. The van der Waals surface area contributed by atoms with E-state index in [2.05, 4.69) is 0 Å². The number of nitrogens with two attached hydrogens (primary N) is 1. The van der Waals surface area contributed by atoms with Crippen LogP contribution in [0.1, 0.15) is 44.1 Å². The summed E-state index contributed by atoms with van der Waals surface area (Å²) in [6.07, 6.45) is 8.15. The normalized spacial score (nSPS) is 18.5. The third-order valence-electron chi connectivity index (χ3n) is 3.67. The van der Waals surface area contributed by atoms with Crippen molar-refractivity contribution in [3.63, 3.8) is 0 Å². The summed E-state index contributed by atoms with van der Waals surface area (Å²) in [4.78, 5) is 0. The molecular weight excluding hydrogens is 237 g/mol. The second kappa shape index (κ2) is 6.36. The van der Waals surface area contributed by atoms with Crippen molar-refractivity contribution >= 4 is 12.4 Å². The number of halogens is 2. The van der Waals surface area contributed by atoms with Crippen LogP contribution in [0.3, 0.4) is 0 Å². The molecule has 1 aliphatic rings. The van der Waals surface area contributed by atoms with Gasteiger partial charge in [0.25, 0.3) is 0 Å². The molecule has 0 aliphatic heterocycles. The van der Waals surface area contributed by atoms with E-state index in [0.717, 1.165) is 25.7 Å². The molecule has 2 rings (SSSR count). The Morgan fingerprint density at radius 1 is 1.06 bits per heavy atom. The Balaban J connectivity index is 0.00000144. The van der Waals surface area contributed by atoms with E-state index in [4.69, 9.17) is 5.73 Å². The average molecular weight is 258 g/mol. The minimum atomic E-state index is -0.163. The Morgan fingerprint density at radius 3 is 2.24 bits per heavy atom. The van der Waals surface area contributed by atoms with Crippen LogP contribution in [0.5, 0.6) is 0 Å². The standard InChI is InChI=1S/C14H20FN.ClH/c15-13-6-4-12(5-7-13)8-11-14(16)9-2-1-3-10-14;/h4-7H,1-3,8-11,16H2;1H. The molecule has 1 saturated carbocycles. The van der Waals surface area contributed by atoms with Crippen LogP contribution in [-0.2, 0) is 6.42 Å². The summed E-state index contributed by atoms with van der Waals surface area (Å²) in [6, 6.07) is 6.78. The lowest BCUT2D eigenvalue weighted by molar-refractivity contribution is 0.278. The van der Waals surface area contributed by atoms with Gasteiger partial charge in [0.15, 0.2) is 0 Å². The fraction of sp³-hybridized carbons (Fsp3) is 0.571. The van der Waals surface area contributed by atoms with Gasteiger partial charge in [0.05, 0.1) is 0 Å². The van der Waals surface area contributed by atoms with Crippen molar-refractivity contribution in [2.24, 2.45) is 5.73 Å². The van der Waals surface area contributed by atoms with Crippen molar-refractivity contribution in [3.8, 4) is 0 Å². The van der Waals surface area contributed by atoms with E-state index in [1.165, 1.54) is 37.0 Å². The quantitative estimate of drug-likeness (QED) is 0.875. The minimum absolute atomic E-state index is 0. The monoisotopic (exact) mass is 257 g/mol. The van der Waals surface area contributed by atoms with E-state index in [1.54, 1.807) is 0 Å². The summed E-state index contributed by atoms with van der Waals surface area (Å²) in [6.45, 7) is 0. The van der Waals surface area contributed by atoms with Gasteiger partial charge < -0.3 is 5.73 Å². The maximum Gasteiger partial charge on any atom is 0.123 e. The third kappa shape index (κ3) is 4.29. The first-order valence-electron chi connectivity index (χ1n) is 6.21. The number of hydrogen-bond acceptors (Lipinski definition) is 1. The predicted molar refractivity (Wildman–Crippen MR) is 72.0 cm³/mol. The highest BCUT2D eigenvalue weighted by Crippen LogP contribution is 2.29. The summed E-state index contributed by atoms with van der Waals surface area (Å²) in [5.74, 6) is -0.163. The molecule has 1 aliphatic carbocycles. The first-order valence-corrected chi connectivity index (χ1v) is 6.21. The summed E-state index contributed by atoms with van der Waals surface area (Å²) in [7, 11) is 0. The molecule has 0 saturated heterocycles. The lowest BCUT2D eigenvalue weighted by Gasteiger charge is -2.33. The number of benzene rings is 1. The van der Waals surface area contributed by atoms with Crippen molar-refractivity contribution in [1.82, 2.24) is 0 Å². The molecule has 1 fully saturated rings. The SMILES string of the molecule is Cl.NC1(CCc2ccc(F)cc2)CCCCC1. The van der Waals surface area contributed by atoms with Crippen LogP contribution in [-0.4, -0.2) is 5.54 Å². The topological polar surface area (TPSA) is 26.0 Å². The van der Waals surface area contributed by atoms with Gasteiger partial charge in [-0.25, -0.2) is 4.39 Å². The summed E-state index contributed by atoms with van der Waals surface area (Å²) < 4.78 is 12.7. The molecule has 0 heterocycles. The molecule has 96 valence electrons. The van der Waals surface area contributed by atoms with Crippen molar-refractivity contribution in [1.29, 1.82) is 0 Å². The zero-order valence-corrected chi connectivity index (χ0v) is 10.9. The van der Waals surface area contributed by atoms with Gasteiger partial charge in [0.2, 0.25) is 0 Å². The Kier molecular flexibility index (Phi) is 5.41. The summed E-state index contributed by atoms with van der Waals surface area (Å²) in [5.41, 5.74) is 7.59. The fourth-order valence-electron chi connectivity index (χ4n) is 2.55. The van der Waals surface area contributed by atoms with Gasteiger partial charge in [-0.15, -0.1) is 12.4 Å². The highest BCUT2D eigenvalue weighted by molar-refractivity contribution is 5.85. The Morgan fingerprint density at radius 2 is 1.65 bits per heavy atom. The van der Waals surface area contributed by atoms with Gasteiger partial charge in [-0.3, -0.25) is 0 Å². The van der Waals surface area contributed by atoms with Crippen molar-refractivity contribution in [3.05, 3.63) is 35.6 Å². The first-order chi connectivity index (χ1) is 7.68. The largest absolute Gasteiger partial charge is 0.325 e. The van der Waals surface area contributed by atoms with Gasteiger partial charge in [-0.05, 0) is 43.4 Å². The smallest absolute Gasteiger partial charge is 0.123 e. The fourth-order valence-corrected chi connectivity index (χ4v) is 2.55. The molecule has 17 heavy (non-hydrogen) atoms. The zero-order chi connectivity index (χ0) is 11.4. The number of aryl methyl sites for hydroxylation is 1. The van der Waals surface area contributed by atoms with Gasteiger partial charge in [0, 0.05) is 5.54 Å².